The highest BCUT2D eigenvalue weighted by atomic mass is 32.1. The van der Waals surface area contributed by atoms with Crippen LogP contribution in [0.3, 0.4) is 0 Å². The van der Waals surface area contributed by atoms with E-state index in [-0.39, 0.29) is 5.91 Å². The van der Waals surface area contributed by atoms with Gasteiger partial charge < -0.3 is 14.5 Å². The molecule has 1 N–H and O–H groups in total. The molecule has 5 nitrogen and oxygen atoms in total. The van der Waals surface area contributed by atoms with Crippen LogP contribution in [0, 0.1) is 6.92 Å². The van der Waals surface area contributed by atoms with Crippen molar-refractivity contribution in [2.75, 3.05) is 5.32 Å². The maximum atomic E-state index is 13.2. The number of carbonyl (C=O) groups excluding carboxylic acids is 2. The predicted molar refractivity (Wildman–Crippen MR) is 132 cm³/mol. The summed E-state index contributed by atoms with van der Waals surface area (Å²) in [5, 5.41) is 3.42. The molecule has 6 heteroatoms. The van der Waals surface area contributed by atoms with Gasteiger partial charge in [0.25, 0.3) is 5.91 Å². The van der Waals surface area contributed by atoms with E-state index in [0.717, 1.165) is 27.1 Å². The van der Waals surface area contributed by atoms with Gasteiger partial charge in [-0.1, -0.05) is 42.5 Å². The smallest absolute Gasteiger partial charge is 0.342 e. The first-order chi connectivity index (χ1) is 15.7. The second-order valence-corrected chi connectivity index (χ2v) is 9.88. The van der Waals surface area contributed by atoms with Crippen molar-refractivity contribution in [1.82, 2.24) is 0 Å². The molecule has 0 aliphatic heterocycles. The maximum absolute atomic E-state index is 13.2. The van der Waals surface area contributed by atoms with Crippen molar-refractivity contribution in [3.63, 3.8) is 0 Å². The van der Waals surface area contributed by atoms with Crippen LogP contribution in [0.15, 0.2) is 77.6 Å². The van der Waals surface area contributed by atoms with Crippen LogP contribution in [-0.2, 0) is 4.74 Å². The number of rotatable bonds is 5. The van der Waals surface area contributed by atoms with Crippen LogP contribution in [0.2, 0.25) is 0 Å². The number of hydrogen-bond acceptors (Lipinski definition) is 5. The maximum Gasteiger partial charge on any atom is 0.342 e. The van der Waals surface area contributed by atoms with E-state index >= 15 is 0 Å². The summed E-state index contributed by atoms with van der Waals surface area (Å²) >= 11 is 1.37. The molecule has 0 spiro atoms. The van der Waals surface area contributed by atoms with Gasteiger partial charge in [0.15, 0.2) is 0 Å². The summed E-state index contributed by atoms with van der Waals surface area (Å²) in [5.74, 6) is -0.765. The van der Waals surface area contributed by atoms with E-state index in [9.17, 15) is 9.59 Å². The molecule has 1 amide bonds. The molecule has 0 saturated carbocycles. The zero-order chi connectivity index (χ0) is 23.6. The van der Waals surface area contributed by atoms with Crippen molar-refractivity contribution in [1.29, 1.82) is 0 Å². The van der Waals surface area contributed by atoms with Gasteiger partial charge in [-0.25, -0.2) is 4.79 Å². The first-order valence-corrected chi connectivity index (χ1v) is 11.4. The lowest BCUT2D eigenvalue weighted by Gasteiger charge is -2.20. The Bertz CT molecular complexity index is 1280. The van der Waals surface area contributed by atoms with Crippen LogP contribution in [-0.4, -0.2) is 17.5 Å². The van der Waals surface area contributed by atoms with Crippen molar-refractivity contribution in [2.24, 2.45) is 0 Å². The molecule has 4 rings (SSSR count). The van der Waals surface area contributed by atoms with Gasteiger partial charge in [-0.05, 0) is 57.0 Å². The highest BCUT2D eigenvalue weighted by molar-refractivity contribution is 7.17. The number of nitrogens with one attached hydrogen (secondary N) is 1. The van der Waals surface area contributed by atoms with Crippen molar-refractivity contribution in [3.05, 3.63) is 89.2 Å². The van der Waals surface area contributed by atoms with E-state index in [1.807, 2.05) is 76.2 Å². The van der Waals surface area contributed by atoms with Gasteiger partial charge in [-0.15, -0.1) is 11.3 Å². The molecule has 33 heavy (non-hydrogen) atoms. The highest BCUT2D eigenvalue weighted by Crippen LogP contribution is 2.41. The van der Waals surface area contributed by atoms with Crippen LogP contribution in [0.1, 0.15) is 46.4 Å². The third-order valence-electron chi connectivity index (χ3n) is 4.96. The van der Waals surface area contributed by atoms with Crippen molar-refractivity contribution in [2.45, 2.75) is 33.3 Å². The summed E-state index contributed by atoms with van der Waals surface area (Å²) in [6, 6.07) is 18.8. The fourth-order valence-corrected chi connectivity index (χ4v) is 4.61. The number of amides is 1. The molecular formula is C27H25NO4S. The largest absolute Gasteiger partial charge is 0.472 e. The Hall–Kier alpha value is -3.64. The molecule has 0 unspecified atom stereocenters. The first-order valence-electron chi connectivity index (χ1n) is 10.6. The summed E-state index contributed by atoms with van der Waals surface area (Å²) in [6.07, 6.45) is 3.22. The fraction of sp³-hybridized carbons (Fsp3) is 0.185. The molecule has 0 fully saturated rings. The summed E-state index contributed by atoms with van der Waals surface area (Å²) in [4.78, 5) is 27.3. The number of anilines is 1. The zero-order valence-corrected chi connectivity index (χ0v) is 19.8. The molecule has 0 radical (unpaired) electrons. The highest BCUT2D eigenvalue weighted by Gasteiger charge is 2.28. The van der Waals surface area contributed by atoms with Gasteiger partial charge in [0.05, 0.1) is 12.5 Å². The molecule has 2 aromatic heterocycles. The number of thiophene rings is 1. The predicted octanol–water partition coefficient (Wildman–Crippen LogP) is 7.19. The number of ether oxygens (including phenoxy) is 1. The Morgan fingerprint density at radius 3 is 2.33 bits per heavy atom. The number of furan rings is 1. The fourth-order valence-electron chi connectivity index (χ4n) is 3.55. The van der Waals surface area contributed by atoms with Gasteiger partial charge in [0.2, 0.25) is 0 Å². The van der Waals surface area contributed by atoms with Gasteiger partial charge in [0, 0.05) is 21.6 Å². The SMILES string of the molecule is Cc1sc(NC(=O)c2cccc(-c3ccoc3)c2)c(C(=O)OC(C)(C)C)c1-c1ccccc1. The van der Waals surface area contributed by atoms with Gasteiger partial charge >= 0.3 is 5.97 Å². The van der Waals surface area contributed by atoms with Gasteiger partial charge in [-0.3, -0.25) is 4.79 Å². The minimum atomic E-state index is -0.666. The number of benzene rings is 2. The molecule has 2 aromatic carbocycles. The van der Waals surface area contributed by atoms with Crippen LogP contribution >= 0.6 is 11.3 Å². The Kier molecular flexibility index (Phi) is 6.20. The second-order valence-electron chi connectivity index (χ2n) is 8.65. The first kappa shape index (κ1) is 22.6. The third kappa shape index (κ3) is 5.07. The van der Waals surface area contributed by atoms with Crippen molar-refractivity contribution >= 4 is 28.2 Å². The molecule has 0 aliphatic rings. The Morgan fingerprint density at radius 1 is 0.939 bits per heavy atom. The summed E-state index contributed by atoms with van der Waals surface area (Å²) < 4.78 is 10.9. The molecule has 0 aliphatic carbocycles. The second kappa shape index (κ2) is 9.08. The lowest BCUT2D eigenvalue weighted by atomic mass is 10.0. The molecule has 4 aromatic rings. The summed E-state index contributed by atoms with van der Waals surface area (Å²) in [6.45, 7) is 7.42. The average Bonchev–Trinajstić information content (AvgIpc) is 3.41. The van der Waals surface area contributed by atoms with Crippen LogP contribution in [0.5, 0.6) is 0 Å². The molecule has 0 bridgehead atoms. The molecule has 0 atom stereocenters. The standard InChI is InChI=1S/C27H25NO4S/c1-17-22(18-9-6-5-7-10-18)23(26(30)32-27(2,3)4)25(33-17)28-24(29)20-12-8-11-19(15-20)21-13-14-31-16-21/h5-16H,1-4H3,(H,28,29). The quantitative estimate of drug-likeness (QED) is 0.321. The van der Waals surface area contributed by atoms with Crippen molar-refractivity contribution < 1.29 is 18.7 Å². The normalized spacial score (nSPS) is 11.3. The average molecular weight is 460 g/mol. The zero-order valence-electron chi connectivity index (χ0n) is 19.0. The molecular weight excluding hydrogens is 434 g/mol. The number of hydrogen-bond donors (Lipinski definition) is 1. The van der Waals surface area contributed by atoms with Crippen LogP contribution < -0.4 is 5.32 Å². The Morgan fingerprint density at radius 2 is 1.67 bits per heavy atom. The lowest BCUT2D eigenvalue weighted by molar-refractivity contribution is 0.00721. The van der Waals surface area contributed by atoms with E-state index in [1.165, 1.54) is 11.3 Å². The van der Waals surface area contributed by atoms with E-state index in [4.69, 9.17) is 9.15 Å². The Balaban J connectivity index is 1.73. The summed E-state index contributed by atoms with van der Waals surface area (Å²) in [5.41, 5.74) is 3.62. The molecule has 2 heterocycles. The van der Waals surface area contributed by atoms with E-state index in [2.05, 4.69) is 5.32 Å². The number of aryl methyl sites for hydroxylation is 1. The van der Waals surface area contributed by atoms with Crippen LogP contribution in [0.4, 0.5) is 5.00 Å². The minimum absolute atomic E-state index is 0.300. The number of esters is 1. The third-order valence-corrected chi connectivity index (χ3v) is 5.98. The van der Waals surface area contributed by atoms with E-state index in [1.54, 1.807) is 24.7 Å². The topological polar surface area (TPSA) is 68.5 Å². The monoisotopic (exact) mass is 459 g/mol. The minimum Gasteiger partial charge on any atom is -0.472 e. The van der Waals surface area contributed by atoms with Crippen molar-refractivity contribution in [3.8, 4) is 22.3 Å². The number of carbonyl (C=O) groups is 2. The van der Waals surface area contributed by atoms with Gasteiger partial charge in [0.1, 0.15) is 16.2 Å². The Labute approximate surface area is 197 Å². The van der Waals surface area contributed by atoms with Gasteiger partial charge in [-0.2, -0.15) is 0 Å². The van der Waals surface area contributed by atoms with E-state index in [0.29, 0.717) is 16.1 Å². The lowest BCUT2D eigenvalue weighted by Crippen LogP contribution is -2.25. The van der Waals surface area contributed by atoms with Crippen LogP contribution in [0.25, 0.3) is 22.3 Å². The molecule has 168 valence electrons. The summed E-state index contributed by atoms with van der Waals surface area (Å²) in [7, 11) is 0. The molecule has 0 saturated heterocycles. The van der Waals surface area contributed by atoms with E-state index < -0.39 is 11.6 Å².